The summed E-state index contributed by atoms with van der Waals surface area (Å²) in [6, 6.07) is 16.3. The Bertz CT molecular complexity index is 429. The summed E-state index contributed by atoms with van der Waals surface area (Å²) in [5.41, 5.74) is 3.64. The van der Waals surface area contributed by atoms with Crippen molar-refractivity contribution in [2.45, 2.75) is 6.92 Å². The summed E-state index contributed by atoms with van der Waals surface area (Å²) in [6.45, 7) is 2.09. The third-order valence-corrected chi connectivity index (χ3v) is 2.44. The molecule has 0 N–H and O–H groups in total. The van der Waals surface area contributed by atoms with E-state index in [2.05, 4.69) is 37.3 Å². The molecule has 0 atom stereocenters. The van der Waals surface area contributed by atoms with Crippen LogP contribution in [0.4, 0.5) is 0 Å². The highest BCUT2D eigenvalue weighted by atomic mass is 35.5. The monoisotopic (exact) mass is 202 g/mol. The van der Waals surface area contributed by atoms with Gasteiger partial charge in [-0.1, -0.05) is 53.6 Å². The molecule has 0 fully saturated rings. The summed E-state index contributed by atoms with van der Waals surface area (Å²) >= 11 is 5.93. The predicted octanol–water partition coefficient (Wildman–Crippen LogP) is 4.32. The largest absolute Gasteiger partial charge is 0.0843 e. The standard InChI is InChI=1S/C13H11Cl/c1-10-5-7-11(8-6-10)12-3-2-4-13(14)9-12/h2-9H,1H3. The van der Waals surface area contributed by atoms with E-state index in [0.717, 1.165) is 10.6 Å². The smallest absolute Gasteiger partial charge is 0.0412 e. The summed E-state index contributed by atoms with van der Waals surface area (Å²) in [5.74, 6) is 0. The van der Waals surface area contributed by atoms with Crippen LogP contribution in [-0.2, 0) is 0 Å². The van der Waals surface area contributed by atoms with Crippen molar-refractivity contribution in [3.63, 3.8) is 0 Å². The second-order valence-electron chi connectivity index (χ2n) is 3.38. The fourth-order valence-corrected chi connectivity index (χ4v) is 1.60. The van der Waals surface area contributed by atoms with Gasteiger partial charge < -0.3 is 0 Å². The highest BCUT2D eigenvalue weighted by molar-refractivity contribution is 6.30. The van der Waals surface area contributed by atoms with Gasteiger partial charge in [-0.25, -0.2) is 0 Å². The minimum Gasteiger partial charge on any atom is -0.0843 e. The first-order valence-electron chi connectivity index (χ1n) is 4.58. The maximum Gasteiger partial charge on any atom is 0.0412 e. The third kappa shape index (κ3) is 1.97. The number of halogens is 1. The van der Waals surface area contributed by atoms with E-state index < -0.39 is 0 Å². The normalized spacial score (nSPS) is 10.1. The molecule has 1 heteroatoms. The fraction of sp³-hybridized carbons (Fsp3) is 0.0769. The van der Waals surface area contributed by atoms with Gasteiger partial charge >= 0.3 is 0 Å². The van der Waals surface area contributed by atoms with Crippen molar-refractivity contribution in [1.29, 1.82) is 0 Å². The molecule has 0 aromatic heterocycles. The molecule has 0 aliphatic rings. The average molecular weight is 203 g/mol. The first-order chi connectivity index (χ1) is 6.75. The molecule has 0 saturated heterocycles. The minimum absolute atomic E-state index is 0.781. The first-order valence-corrected chi connectivity index (χ1v) is 4.96. The zero-order valence-corrected chi connectivity index (χ0v) is 8.75. The van der Waals surface area contributed by atoms with Crippen LogP contribution in [0, 0.1) is 6.92 Å². The number of hydrogen-bond acceptors (Lipinski definition) is 0. The lowest BCUT2D eigenvalue weighted by Gasteiger charge is -2.02. The quantitative estimate of drug-likeness (QED) is 0.646. The van der Waals surface area contributed by atoms with Gasteiger partial charge in [0.05, 0.1) is 0 Å². The maximum absolute atomic E-state index is 5.93. The molecule has 0 aliphatic heterocycles. The van der Waals surface area contributed by atoms with Gasteiger partial charge in [-0.3, -0.25) is 0 Å². The molecule has 2 rings (SSSR count). The van der Waals surface area contributed by atoms with Crippen molar-refractivity contribution in [1.82, 2.24) is 0 Å². The Hall–Kier alpha value is -1.27. The molecule has 0 heterocycles. The van der Waals surface area contributed by atoms with Crippen LogP contribution in [-0.4, -0.2) is 0 Å². The number of rotatable bonds is 1. The minimum atomic E-state index is 0.781. The van der Waals surface area contributed by atoms with Crippen LogP contribution in [0.3, 0.4) is 0 Å². The van der Waals surface area contributed by atoms with Crippen molar-refractivity contribution >= 4 is 11.6 Å². The molecule has 0 aliphatic carbocycles. The van der Waals surface area contributed by atoms with Gasteiger partial charge in [0.15, 0.2) is 0 Å². The van der Waals surface area contributed by atoms with Crippen molar-refractivity contribution in [3.8, 4) is 11.1 Å². The Morgan fingerprint density at radius 2 is 1.57 bits per heavy atom. The highest BCUT2D eigenvalue weighted by Crippen LogP contribution is 2.22. The summed E-state index contributed by atoms with van der Waals surface area (Å²) in [4.78, 5) is 0. The van der Waals surface area contributed by atoms with Gasteiger partial charge in [0.1, 0.15) is 0 Å². The van der Waals surface area contributed by atoms with E-state index in [1.807, 2.05) is 18.2 Å². The summed E-state index contributed by atoms with van der Waals surface area (Å²) in [5, 5.41) is 0.781. The zero-order valence-electron chi connectivity index (χ0n) is 8.00. The highest BCUT2D eigenvalue weighted by Gasteiger charge is 1.96. The van der Waals surface area contributed by atoms with Crippen LogP contribution < -0.4 is 0 Å². The molecule has 0 unspecified atom stereocenters. The van der Waals surface area contributed by atoms with Gasteiger partial charge in [-0.15, -0.1) is 0 Å². The van der Waals surface area contributed by atoms with E-state index in [1.165, 1.54) is 11.1 Å². The molecule has 0 bridgehead atoms. The van der Waals surface area contributed by atoms with E-state index >= 15 is 0 Å². The molecule has 2 aromatic carbocycles. The van der Waals surface area contributed by atoms with Crippen LogP contribution in [0.1, 0.15) is 5.56 Å². The van der Waals surface area contributed by atoms with Crippen molar-refractivity contribution in [2.24, 2.45) is 0 Å². The van der Waals surface area contributed by atoms with Crippen molar-refractivity contribution in [3.05, 3.63) is 59.1 Å². The third-order valence-electron chi connectivity index (χ3n) is 2.21. The summed E-state index contributed by atoms with van der Waals surface area (Å²) in [6.07, 6.45) is 0. The Kier molecular flexibility index (Phi) is 2.55. The molecule has 0 radical (unpaired) electrons. The number of hydrogen-bond donors (Lipinski definition) is 0. The maximum atomic E-state index is 5.93. The van der Waals surface area contributed by atoms with E-state index in [9.17, 15) is 0 Å². The van der Waals surface area contributed by atoms with Crippen LogP contribution in [0.5, 0.6) is 0 Å². The van der Waals surface area contributed by atoms with Crippen LogP contribution in [0.15, 0.2) is 48.5 Å². The molecule has 0 saturated carbocycles. The van der Waals surface area contributed by atoms with Gasteiger partial charge in [-0.2, -0.15) is 0 Å². The Morgan fingerprint density at radius 1 is 0.857 bits per heavy atom. The van der Waals surface area contributed by atoms with Gasteiger partial charge in [0.2, 0.25) is 0 Å². The fourth-order valence-electron chi connectivity index (χ4n) is 1.41. The van der Waals surface area contributed by atoms with E-state index in [4.69, 9.17) is 11.6 Å². The molecule has 0 spiro atoms. The van der Waals surface area contributed by atoms with Gasteiger partial charge in [0, 0.05) is 5.02 Å². The number of aryl methyl sites for hydroxylation is 1. The SMILES string of the molecule is Cc1ccc(-c2cccc(Cl)c2)cc1. The topological polar surface area (TPSA) is 0 Å². The molecule has 2 aromatic rings. The van der Waals surface area contributed by atoms with Gasteiger partial charge in [-0.05, 0) is 30.2 Å². The van der Waals surface area contributed by atoms with Crippen LogP contribution in [0.25, 0.3) is 11.1 Å². The van der Waals surface area contributed by atoms with E-state index in [-0.39, 0.29) is 0 Å². The molecule has 70 valence electrons. The lowest BCUT2D eigenvalue weighted by molar-refractivity contribution is 1.47. The van der Waals surface area contributed by atoms with Gasteiger partial charge in [0.25, 0.3) is 0 Å². The summed E-state index contributed by atoms with van der Waals surface area (Å²) < 4.78 is 0. The van der Waals surface area contributed by atoms with E-state index in [0.29, 0.717) is 0 Å². The molecule has 14 heavy (non-hydrogen) atoms. The van der Waals surface area contributed by atoms with Crippen LogP contribution in [0.2, 0.25) is 5.02 Å². The second kappa shape index (κ2) is 3.85. The molecular formula is C13H11Cl. The molecule has 0 nitrogen and oxygen atoms in total. The molecular weight excluding hydrogens is 192 g/mol. The predicted molar refractivity (Wildman–Crippen MR) is 61.6 cm³/mol. The lowest BCUT2D eigenvalue weighted by atomic mass is 10.0. The zero-order chi connectivity index (χ0) is 9.97. The average Bonchev–Trinajstić information content (AvgIpc) is 2.19. The van der Waals surface area contributed by atoms with Crippen molar-refractivity contribution in [2.75, 3.05) is 0 Å². The second-order valence-corrected chi connectivity index (χ2v) is 3.81. The van der Waals surface area contributed by atoms with E-state index in [1.54, 1.807) is 0 Å². The Morgan fingerprint density at radius 3 is 2.21 bits per heavy atom. The van der Waals surface area contributed by atoms with Crippen molar-refractivity contribution < 1.29 is 0 Å². The lowest BCUT2D eigenvalue weighted by Crippen LogP contribution is -1.77. The Labute approximate surface area is 89.2 Å². The first kappa shape index (κ1) is 9.29. The number of benzene rings is 2. The van der Waals surface area contributed by atoms with Crippen LogP contribution >= 0.6 is 11.6 Å². The summed E-state index contributed by atoms with van der Waals surface area (Å²) in [7, 11) is 0. The Balaban J connectivity index is 2.44. The molecule has 0 amide bonds.